The Labute approximate surface area is 77.7 Å². The van der Waals surface area contributed by atoms with Crippen LogP contribution in [0.15, 0.2) is 18.2 Å². The first kappa shape index (κ1) is 9.58. The Morgan fingerprint density at radius 2 is 2.15 bits per heavy atom. The topological polar surface area (TPSA) is 38.3 Å². The van der Waals surface area contributed by atoms with Crippen molar-refractivity contribution in [2.45, 2.75) is 6.92 Å². The van der Waals surface area contributed by atoms with Gasteiger partial charge in [0.1, 0.15) is 0 Å². The van der Waals surface area contributed by atoms with E-state index >= 15 is 0 Å². The zero-order valence-electron chi connectivity index (χ0n) is 8.05. The number of benzene rings is 1. The average molecular weight is 179 g/mol. The normalized spacial score (nSPS) is 9.46. The third-order valence-corrected chi connectivity index (χ3v) is 1.93. The van der Waals surface area contributed by atoms with Gasteiger partial charge in [0.25, 0.3) is 0 Å². The Balaban J connectivity index is 3.20. The van der Waals surface area contributed by atoms with Crippen LogP contribution in [0.1, 0.15) is 15.9 Å². The largest absolute Gasteiger partial charge is 0.465 e. The lowest BCUT2D eigenvalue weighted by atomic mass is 10.1. The summed E-state index contributed by atoms with van der Waals surface area (Å²) in [6.45, 7) is 1.94. The number of aryl methyl sites for hydroxylation is 1. The zero-order valence-corrected chi connectivity index (χ0v) is 8.05. The second-order valence-corrected chi connectivity index (χ2v) is 2.74. The van der Waals surface area contributed by atoms with Gasteiger partial charge in [0, 0.05) is 7.05 Å². The highest BCUT2D eigenvalue weighted by atomic mass is 16.5. The minimum atomic E-state index is -0.312. The minimum Gasteiger partial charge on any atom is -0.465 e. The molecular weight excluding hydrogens is 166 g/mol. The van der Waals surface area contributed by atoms with E-state index in [0.29, 0.717) is 5.56 Å². The van der Waals surface area contributed by atoms with Crippen molar-refractivity contribution in [2.24, 2.45) is 0 Å². The molecule has 0 atom stereocenters. The molecule has 0 saturated heterocycles. The van der Waals surface area contributed by atoms with E-state index in [4.69, 9.17) is 0 Å². The van der Waals surface area contributed by atoms with Gasteiger partial charge in [0.05, 0.1) is 18.4 Å². The molecule has 1 N–H and O–H groups in total. The molecule has 0 spiro atoms. The number of hydrogen-bond donors (Lipinski definition) is 1. The van der Waals surface area contributed by atoms with Crippen LogP contribution in [0, 0.1) is 6.92 Å². The van der Waals surface area contributed by atoms with Crippen LogP contribution in [-0.2, 0) is 4.74 Å². The zero-order chi connectivity index (χ0) is 9.84. The Kier molecular flexibility index (Phi) is 2.90. The van der Waals surface area contributed by atoms with Gasteiger partial charge >= 0.3 is 5.97 Å². The minimum absolute atomic E-state index is 0.312. The molecule has 0 heterocycles. The molecule has 0 aromatic heterocycles. The van der Waals surface area contributed by atoms with Crippen LogP contribution in [0.25, 0.3) is 0 Å². The van der Waals surface area contributed by atoms with Crippen LogP contribution < -0.4 is 5.32 Å². The Hall–Kier alpha value is -1.51. The molecule has 1 aromatic rings. The number of ether oxygens (including phenoxy) is 1. The van der Waals surface area contributed by atoms with E-state index in [1.165, 1.54) is 7.11 Å². The fourth-order valence-electron chi connectivity index (χ4n) is 1.28. The Bertz CT molecular complexity index is 321. The molecule has 0 radical (unpaired) electrons. The van der Waals surface area contributed by atoms with E-state index in [-0.39, 0.29) is 5.97 Å². The summed E-state index contributed by atoms with van der Waals surface area (Å²) in [6.07, 6.45) is 0. The molecule has 1 rings (SSSR count). The van der Waals surface area contributed by atoms with Crippen molar-refractivity contribution in [3.8, 4) is 0 Å². The predicted octanol–water partition coefficient (Wildman–Crippen LogP) is 1.82. The molecular formula is C10H13NO2. The molecule has 70 valence electrons. The predicted molar refractivity (Wildman–Crippen MR) is 52.1 cm³/mol. The number of hydrogen-bond acceptors (Lipinski definition) is 3. The number of carbonyl (C=O) groups excluding carboxylic acids is 1. The highest BCUT2D eigenvalue weighted by Crippen LogP contribution is 2.20. The smallest absolute Gasteiger partial charge is 0.339 e. The molecule has 3 nitrogen and oxygen atoms in total. The molecule has 0 aliphatic rings. The first-order valence-electron chi connectivity index (χ1n) is 4.06. The van der Waals surface area contributed by atoms with E-state index in [2.05, 4.69) is 10.1 Å². The molecule has 0 fully saturated rings. The number of para-hydroxylation sites is 1. The van der Waals surface area contributed by atoms with Crippen molar-refractivity contribution in [2.75, 3.05) is 19.5 Å². The molecule has 0 unspecified atom stereocenters. The van der Waals surface area contributed by atoms with Crippen molar-refractivity contribution < 1.29 is 9.53 Å². The number of carbonyl (C=O) groups is 1. The number of nitrogens with one attached hydrogen (secondary N) is 1. The Morgan fingerprint density at radius 3 is 2.69 bits per heavy atom. The standard InChI is InChI=1S/C10H13NO2/c1-7-5-4-6-8(9(7)11-2)10(12)13-3/h4-6,11H,1-3H3. The van der Waals surface area contributed by atoms with Gasteiger partial charge in [-0.1, -0.05) is 12.1 Å². The summed E-state index contributed by atoms with van der Waals surface area (Å²) in [6, 6.07) is 5.52. The van der Waals surface area contributed by atoms with E-state index in [1.807, 2.05) is 19.1 Å². The lowest BCUT2D eigenvalue weighted by molar-refractivity contribution is 0.0602. The average Bonchev–Trinajstić information content (AvgIpc) is 2.16. The number of methoxy groups -OCH3 is 1. The van der Waals surface area contributed by atoms with Gasteiger partial charge in [-0.2, -0.15) is 0 Å². The van der Waals surface area contributed by atoms with E-state index in [0.717, 1.165) is 11.3 Å². The molecule has 0 saturated carbocycles. The van der Waals surface area contributed by atoms with Gasteiger partial charge in [-0.25, -0.2) is 4.79 Å². The van der Waals surface area contributed by atoms with Gasteiger partial charge in [0.2, 0.25) is 0 Å². The Morgan fingerprint density at radius 1 is 1.46 bits per heavy atom. The molecule has 3 heteroatoms. The van der Waals surface area contributed by atoms with Crippen LogP contribution in [0.5, 0.6) is 0 Å². The number of esters is 1. The summed E-state index contributed by atoms with van der Waals surface area (Å²) in [7, 11) is 3.17. The second kappa shape index (κ2) is 3.94. The first-order chi connectivity index (χ1) is 6.20. The maximum absolute atomic E-state index is 11.3. The molecule has 13 heavy (non-hydrogen) atoms. The summed E-state index contributed by atoms with van der Waals surface area (Å²) in [5.74, 6) is -0.312. The van der Waals surface area contributed by atoms with Gasteiger partial charge < -0.3 is 10.1 Å². The van der Waals surface area contributed by atoms with Gasteiger partial charge in [-0.15, -0.1) is 0 Å². The molecule has 0 bridgehead atoms. The fourth-order valence-corrected chi connectivity index (χ4v) is 1.28. The highest BCUT2D eigenvalue weighted by Gasteiger charge is 2.11. The molecule has 0 amide bonds. The number of rotatable bonds is 2. The first-order valence-corrected chi connectivity index (χ1v) is 4.06. The molecule has 0 aliphatic carbocycles. The summed E-state index contributed by atoms with van der Waals surface area (Å²) in [5, 5.41) is 2.98. The summed E-state index contributed by atoms with van der Waals surface area (Å²) in [5.41, 5.74) is 2.43. The molecule has 1 aromatic carbocycles. The van der Waals surface area contributed by atoms with Crippen molar-refractivity contribution in [1.82, 2.24) is 0 Å². The summed E-state index contributed by atoms with van der Waals surface area (Å²) in [4.78, 5) is 11.3. The van der Waals surface area contributed by atoms with Crippen molar-refractivity contribution in [1.29, 1.82) is 0 Å². The quantitative estimate of drug-likeness (QED) is 0.704. The van der Waals surface area contributed by atoms with Gasteiger partial charge in [-0.3, -0.25) is 0 Å². The van der Waals surface area contributed by atoms with Crippen molar-refractivity contribution >= 4 is 11.7 Å². The fraction of sp³-hybridized carbons (Fsp3) is 0.300. The van der Waals surface area contributed by atoms with Crippen LogP contribution in [0.2, 0.25) is 0 Å². The second-order valence-electron chi connectivity index (χ2n) is 2.74. The lowest BCUT2D eigenvalue weighted by Gasteiger charge is -2.09. The van der Waals surface area contributed by atoms with Crippen LogP contribution in [0.3, 0.4) is 0 Å². The maximum atomic E-state index is 11.3. The summed E-state index contributed by atoms with van der Waals surface area (Å²) < 4.78 is 4.65. The van der Waals surface area contributed by atoms with Gasteiger partial charge in [0.15, 0.2) is 0 Å². The molecule has 0 aliphatic heterocycles. The third kappa shape index (κ3) is 1.80. The highest BCUT2D eigenvalue weighted by molar-refractivity contribution is 5.96. The van der Waals surface area contributed by atoms with E-state index in [1.54, 1.807) is 13.1 Å². The van der Waals surface area contributed by atoms with Crippen molar-refractivity contribution in [3.63, 3.8) is 0 Å². The van der Waals surface area contributed by atoms with Crippen LogP contribution >= 0.6 is 0 Å². The SMILES string of the molecule is CNc1c(C)cccc1C(=O)OC. The monoisotopic (exact) mass is 179 g/mol. The van der Waals surface area contributed by atoms with Crippen LogP contribution in [0.4, 0.5) is 5.69 Å². The van der Waals surface area contributed by atoms with Crippen molar-refractivity contribution in [3.05, 3.63) is 29.3 Å². The number of anilines is 1. The van der Waals surface area contributed by atoms with E-state index in [9.17, 15) is 4.79 Å². The third-order valence-electron chi connectivity index (χ3n) is 1.93. The summed E-state index contributed by atoms with van der Waals surface area (Å²) >= 11 is 0. The van der Waals surface area contributed by atoms with E-state index < -0.39 is 0 Å². The maximum Gasteiger partial charge on any atom is 0.339 e. The van der Waals surface area contributed by atoms with Crippen LogP contribution in [-0.4, -0.2) is 20.1 Å². The van der Waals surface area contributed by atoms with Gasteiger partial charge in [-0.05, 0) is 18.6 Å². The lowest BCUT2D eigenvalue weighted by Crippen LogP contribution is -2.06.